The van der Waals surface area contributed by atoms with Crippen LogP contribution < -0.4 is 16.1 Å². The number of carbonyl (C=O) groups excluding carboxylic acids is 1. The molecule has 25 heavy (non-hydrogen) atoms. The summed E-state index contributed by atoms with van der Waals surface area (Å²) in [5, 5.41) is 0. The first-order valence-corrected chi connectivity index (χ1v) is 8.21. The van der Waals surface area contributed by atoms with Gasteiger partial charge in [0, 0.05) is 43.5 Å². The van der Waals surface area contributed by atoms with Crippen LogP contribution >= 0.6 is 0 Å². The molecule has 0 aliphatic carbocycles. The maximum atomic E-state index is 12.8. The number of benzene rings is 1. The fourth-order valence-electron chi connectivity index (χ4n) is 2.92. The third-order valence-electron chi connectivity index (χ3n) is 4.32. The Morgan fingerprint density at radius 2 is 1.84 bits per heavy atom. The van der Waals surface area contributed by atoms with Gasteiger partial charge >= 0.3 is 5.69 Å². The monoisotopic (exact) mass is 337 g/mol. The van der Waals surface area contributed by atoms with Crippen LogP contribution in [0, 0.1) is 11.8 Å². The highest BCUT2D eigenvalue weighted by atomic mass is 16.2. The number of anilines is 1. The molecular formula is C19H19N3O3. The fraction of sp³-hybridized carbons (Fsp3) is 0.316. The zero-order valence-corrected chi connectivity index (χ0v) is 14.2. The molecule has 0 bridgehead atoms. The van der Waals surface area contributed by atoms with Gasteiger partial charge in [-0.1, -0.05) is 18.8 Å². The van der Waals surface area contributed by atoms with Crippen molar-refractivity contribution in [3.05, 3.63) is 62.9 Å². The molecule has 3 rings (SSSR count). The lowest BCUT2D eigenvalue weighted by molar-refractivity contribution is -0.119. The molecule has 1 aromatic heterocycles. The van der Waals surface area contributed by atoms with Crippen molar-refractivity contribution in [2.75, 3.05) is 11.4 Å². The Balaban J connectivity index is 1.86. The average molecular weight is 337 g/mol. The minimum absolute atomic E-state index is 0.145. The molecule has 1 aliphatic heterocycles. The van der Waals surface area contributed by atoms with Crippen molar-refractivity contribution in [3.8, 4) is 11.8 Å². The zero-order chi connectivity index (χ0) is 18.0. The minimum atomic E-state index is -0.584. The van der Waals surface area contributed by atoms with E-state index in [1.54, 1.807) is 4.90 Å². The molecule has 6 heteroatoms. The van der Waals surface area contributed by atoms with Gasteiger partial charge in [0.2, 0.25) is 5.91 Å². The molecule has 0 saturated carbocycles. The second kappa shape index (κ2) is 6.81. The van der Waals surface area contributed by atoms with E-state index < -0.39 is 11.7 Å². The van der Waals surface area contributed by atoms with Crippen LogP contribution in [0.25, 0.3) is 0 Å². The van der Waals surface area contributed by atoms with E-state index in [1.165, 1.54) is 23.9 Å². The van der Waals surface area contributed by atoms with Gasteiger partial charge in [0.05, 0.1) is 0 Å². The fourth-order valence-corrected chi connectivity index (χ4v) is 2.92. The summed E-state index contributed by atoms with van der Waals surface area (Å²) in [4.78, 5) is 38.2. The highest BCUT2D eigenvalue weighted by Gasteiger charge is 2.34. The molecule has 2 heterocycles. The summed E-state index contributed by atoms with van der Waals surface area (Å²) in [6.45, 7) is 2.52. The molecule has 128 valence electrons. The van der Waals surface area contributed by atoms with Crippen LogP contribution in [0.5, 0.6) is 0 Å². The number of nitrogens with zero attached hydrogens (tertiary/aromatic N) is 3. The summed E-state index contributed by atoms with van der Waals surface area (Å²) in [5.74, 6) is 5.91. The van der Waals surface area contributed by atoms with E-state index in [0.29, 0.717) is 13.0 Å². The van der Waals surface area contributed by atoms with Crippen LogP contribution in [0.1, 0.15) is 31.4 Å². The summed E-state index contributed by atoms with van der Waals surface area (Å²) in [6.07, 6.45) is 2.72. The molecule has 1 aromatic carbocycles. The van der Waals surface area contributed by atoms with Gasteiger partial charge in [0.25, 0.3) is 5.56 Å². The van der Waals surface area contributed by atoms with Gasteiger partial charge in [-0.15, -0.1) is 0 Å². The lowest BCUT2D eigenvalue weighted by Gasteiger charge is -2.18. The van der Waals surface area contributed by atoms with Crippen molar-refractivity contribution in [1.82, 2.24) is 9.13 Å². The first kappa shape index (κ1) is 16.8. The lowest BCUT2D eigenvalue weighted by atomic mass is 10.2. The molecule has 2 aromatic rings. The average Bonchev–Trinajstić information content (AvgIpc) is 3.00. The second-order valence-electron chi connectivity index (χ2n) is 5.90. The van der Waals surface area contributed by atoms with E-state index in [4.69, 9.17) is 0 Å². The molecule has 1 unspecified atom stereocenters. The standard InChI is InChI=1S/C19H19N3O3/c1-3-4-5-14-6-8-15(9-7-14)21-12-10-16(18(21)24)22-13-11-17(23)20(2)19(22)25/h6-9,11,13,16H,3,10,12H2,1-2H3. The molecule has 1 saturated heterocycles. The largest absolute Gasteiger partial charge is 0.331 e. The Labute approximate surface area is 145 Å². The lowest BCUT2D eigenvalue weighted by Crippen LogP contribution is -2.40. The van der Waals surface area contributed by atoms with Crippen LogP contribution in [0.4, 0.5) is 5.69 Å². The first-order valence-electron chi connectivity index (χ1n) is 8.21. The summed E-state index contributed by atoms with van der Waals surface area (Å²) >= 11 is 0. The van der Waals surface area contributed by atoms with Crippen LogP contribution in [-0.2, 0) is 11.8 Å². The molecular weight excluding hydrogens is 318 g/mol. The maximum Gasteiger partial charge on any atom is 0.331 e. The SMILES string of the molecule is CCC#Cc1ccc(N2CCC(n3ccc(=O)n(C)c3=O)C2=O)cc1. The third-order valence-corrected chi connectivity index (χ3v) is 4.32. The molecule has 1 atom stereocenters. The quantitative estimate of drug-likeness (QED) is 0.776. The van der Waals surface area contributed by atoms with E-state index in [9.17, 15) is 14.4 Å². The molecule has 0 N–H and O–H groups in total. The van der Waals surface area contributed by atoms with E-state index in [2.05, 4.69) is 11.8 Å². The normalized spacial score (nSPS) is 16.6. The Morgan fingerprint density at radius 1 is 1.12 bits per heavy atom. The summed E-state index contributed by atoms with van der Waals surface area (Å²) in [7, 11) is 1.41. The second-order valence-corrected chi connectivity index (χ2v) is 5.90. The van der Waals surface area contributed by atoms with Gasteiger partial charge in [0.15, 0.2) is 0 Å². The van der Waals surface area contributed by atoms with Crippen LogP contribution in [-0.4, -0.2) is 21.6 Å². The number of hydrogen-bond donors (Lipinski definition) is 0. The highest BCUT2D eigenvalue weighted by Crippen LogP contribution is 2.27. The Morgan fingerprint density at radius 3 is 2.52 bits per heavy atom. The van der Waals surface area contributed by atoms with Crippen molar-refractivity contribution >= 4 is 11.6 Å². The molecule has 6 nitrogen and oxygen atoms in total. The van der Waals surface area contributed by atoms with Crippen molar-refractivity contribution in [2.24, 2.45) is 7.05 Å². The van der Waals surface area contributed by atoms with Gasteiger partial charge in [-0.2, -0.15) is 0 Å². The van der Waals surface area contributed by atoms with Gasteiger partial charge in [-0.3, -0.25) is 18.7 Å². The molecule has 1 amide bonds. The van der Waals surface area contributed by atoms with Gasteiger partial charge in [0.1, 0.15) is 6.04 Å². The molecule has 1 aliphatic rings. The van der Waals surface area contributed by atoms with Crippen molar-refractivity contribution in [2.45, 2.75) is 25.8 Å². The number of aromatic nitrogens is 2. The summed E-state index contributed by atoms with van der Waals surface area (Å²) in [6, 6.07) is 8.22. The molecule has 0 spiro atoms. The van der Waals surface area contributed by atoms with E-state index >= 15 is 0 Å². The molecule has 1 fully saturated rings. The number of amides is 1. The van der Waals surface area contributed by atoms with Gasteiger partial charge < -0.3 is 4.90 Å². The van der Waals surface area contributed by atoms with E-state index in [0.717, 1.165) is 22.2 Å². The highest BCUT2D eigenvalue weighted by molar-refractivity contribution is 5.98. The summed E-state index contributed by atoms with van der Waals surface area (Å²) in [5.41, 5.74) is 0.834. The Bertz CT molecular complexity index is 974. The van der Waals surface area contributed by atoms with E-state index in [1.807, 2.05) is 31.2 Å². The topological polar surface area (TPSA) is 64.3 Å². The Hall–Kier alpha value is -3.07. The van der Waals surface area contributed by atoms with Crippen molar-refractivity contribution in [3.63, 3.8) is 0 Å². The maximum absolute atomic E-state index is 12.8. The van der Waals surface area contributed by atoms with Crippen LogP contribution in [0.3, 0.4) is 0 Å². The summed E-state index contributed by atoms with van der Waals surface area (Å²) < 4.78 is 2.35. The number of carbonyl (C=O) groups is 1. The Kier molecular flexibility index (Phi) is 4.57. The number of hydrogen-bond acceptors (Lipinski definition) is 3. The zero-order valence-electron chi connectivity index (χ0n) is 14.2. The van der Waals surface area contributed by atoms with Gasteiger partial charge in [-0.25, -0.2) is 4.79 Å². The predicted octanol–water partition coefficient (Wildman–Crippen LogP) is 1.29. The predicted molar refractivity (Wildman–Crippen MR) is 95.6 cm³/mol. The molecule has 0 radical (unpaired) electrons. The van der Waals surface area contributed by atoms with Crippen molar-refractivity contribution in [1.29, 1.82) is 0 Å². The smallest absolute Gasteiger partial charge is 0.311 e. The van der Waals surface area contributed by atoms with Crippen molar-refractivity contribution < 1.29 is 4.79 Å². The number of rotatable bonds is 2. The minimum Gasteiger partial charge on any atom is -0.311 e. The van der Waals surface area contributed by atoms with Gasteiger partial charge in [-0.05, 0) is 30.7 Å². The third kappa shape index (κ3) is 3.13. The van der Waals surface area contributed by atoms with Crippen LogP contribution in [0.2, 0.25) is 0 Å². The van der Waals surface area contributed by atoms with E-state index in [-0.39, 0.29) is 11.5 Å². The van der Waals surface area contributed by atoms with Crippen LogP contribution in [0.15, 0.2) is 46.1 Å². The first-order chi connectivity index (χ1) is 12.0.